The maximum absolute atomic E-state index is 12.3. The molecule has 0 aliphatic heterocycles. The second-order valence-corrected chi connectivity index (χ2v) is 8.80. The Morgan fingerprint density at radius 2 is 1.68 bits per heavy atom. The van der Waals surface area contributed by atoms with Gasteiger partial charge in [0.2, 0.25) is 0 Å². The van der Waals surface area contributed by atoms with Crippen LogP contribution in [0.3, 0.4) is 0 Å². The van der Waals surface area contributed by atoms with Crippen LogP contribution in [0.25, 0.3) is 5.70 Å². The molecule has 3 rings (SSSR count). The first-order valence-electron chi connectivity index (χ1n) is 11.3. The third-order valence-corrected chi connectivity index (χ3v) is 5.84. The van der Waals surface area contributed by atoms with Gasteiger partial charge in [-0.25, -0.2) is 4.79 Å². The predicted octanol–water partition coefficient (Wildman–Crippen LogP) is 7.78. The van der Waals surface area contributed by atoms with Crippen molar-refractivity contribution in [2.24, 2.45) is 0 Å². The monoisotopic (exact) mass is 519 g/mol. The lowest BCUT2D eigenvalue weighted by Crippen LogP contribution is -2.19. The molecule has 4 nitrogen and oxygen atoms in total. The standard InChI is InChI=1S/C29H30BrNO3/c1-6-22-11-13-23(14-12-22)19-34-28-16-15-25(30)18-27(28)21(5)31(20(3)4)26-10-8-9-24(17-26)29(32)33-7-2/h8-18H,3,5-7,19H2,1-2,4H3. The van der Waals surface area contributed by atoms with E-state index in [0.29, 0.717) is 30.2 Å². The van der Waals surface area contributed by atoms with Crippen LogP contribution in [0.2, 0.25) is 0 Å². The highest BCUT2D eigenvalue weighted by Crippen LogP contribution is 2.36. The highest BCUT2D eigenvalue weighted by atomic mass is 79.9. The Morgan fingerprint density at radius 3 is 2.32 bits per heavy atom. The summed E-state index contributed by atoms with van der Waals surface area (Å²) in [5, 5.41) is 0. The van der Waals surface area contributed by atoms with E-state index in [2.05, 4.69) is 60.3 Å². The Labute approximate surface area is 210 Å². The number of allylic oxidation sites excluding steroid dienone is 1. The maximum atomic E-state index is 12.3. The van der Waals surface area contributed by atoms with E-state index in [-0.39, 0.29) is 5.97 Å². The third-order valence-electron chi connectivity index (χ3n) is 5.35. The Balaban J connectivity index is 1.91. The van der Waals surface area contributed by atoms with Crippen molar-refractivity contribution in [1.29, 1.82) is 0 Å². The molecule has 0 atom stereocenters. The Morgan fingerprint density at radius 1 is 0.971 bits per heavy atom. The summed E-state index contributed by atoms with van der Waals surface area (Å²) >= 11 is 3.57. The minimum absolute atomic E-state index is 0.319. The number of carbonyl (C=O) groups excluding carboxylic acids is 1. The number of nitrogens with zero attached hydrogens (tertiary/aromatic N) is 1. The van der Waals surface area contributed by atoms with Crippen LogP contribution in [0, 0.1) is 0 Å². The van der Waals surface area contributed by atoms with Crippen molar-refractivity contribution < 1.29 is 14.3 Å². The normalized spacial score (nSPS) is 10.5. The van der Waals surface area contributed by atoms with Gasteiger partial charge in [-0.2, -0.15) is 0 Å². The Hall–Kier alpha value is -3.31. The molecule has 3 aromatic rings. The van der Waals surface area contributed by atoms with Crippen LogP contribution in [0.1, 0.15) is 47.8 Å². The van der Waals surface area contributed by atoms with Gasteiger partial charge in [0.05, 0.1) is 12.2 Å². The number of ether oxygens (including phenoxy) is 2. The summed E-state index contributed by atoms with van der Waals surface area (Å²) in [5.74, 6) is 0.345. The molecule has 0 N–H and O–H groups in total. The quantitative estimate of drug-likeness (QED) is 0.256. The molecule has 0 heterocycles. The lowest BCUT2D eigenvalue weighted by Gasteiger charge is -2.28. The molecule has 0 fully saturated rings. The number of anilines is 1. The lowest BCUT2D eigenvalue weighted by molar-refractivity contribution is 0.0526. The Kier molecular flexibility index (Phi) is 8.72. The van der Waals surface area contributed by atoms with E-state index in [1.165, 1.54) is 5.56 Å². The lowest BCUT2D eigenvalue weighted by atomic mass is 10.1. The topological polar surface area (TPSA) is 38.8 Å². The highest BCUT2D eigenvalue weighted by molar-refractivity contribution is 9.10. The molecule has 0 saturated heterocycles. The van der Waals surface area contributed by atoms with Crippen LogP contribution in [0.15, 0.2) is 90.1 Å². The number of hydrogen-bond donors (Lipinski definition) is 0. The van der Waals surface area contributed by atoms with Gasteiger partial charge >= 0.3 is 5.97 Å². The van der Waals surface area contributed by atoms with Crippen LogP contribution in [-0.4, -0.2) is 12.6 Å². The molecule has 0 aliphatic carbocycles. The van der Waals surface area contributed by atoms with E-state index in [4.69, 9.17) is 9.47 Å². The second kappa shape index (κ2) is 11.7. The summed E-state index contributed by atoms with van der Waals surface area (Å²) in [4.78, 5) is 14.2. The zero-order valence-corrected chi connectivity index (χ0v) is 21.5. The van der Waals surface area contributed by atoms with Crippen molar-refractivity contribution in [3.05, 3.63) is 112 Å². The van der Waals surface area contributed by atoms with Crippen molar-refractivity contribution >= 4 is 33.3 Å². The van der Waals surface area contributed by atoms with Gasteiger partial charge in [-0.3, -0.25) is 0 Å². The van der Waals surface area contributed by atoms with Gasteiger partial charge in [-0.1, -0.05) is 66.3 Å². The van der Waals surface area contributed by atoms with Gasteiger partial charge < -0.3 is 14.4 Å². The Bertz CT molecular complexity index is 1180. The molecule has 3 aromatic carbocycles. The predicted molar refractivity (Wildman–Crippen MR) is 143 cm³/mol. The van der Waals surface area contributed by atoms with E-state index < -0.39 is 0 Å². The first-order valence-corrected chi connectivity index (χ1v) is 12.1. The van der Waals surface area contributed by atoms with Gasteiger partial charge in [0.15, 0.2) is 0 Å². The van der Waals surface area contributed by atoms with Crippen LogP contribution >= 0.6 is 15.9 Å². The molecule has 0 radical (unpaired) electrons. The van der Waals surface area contributed by atoms with Crippen LogP contribution in [-0.2, 0) is 17.8 Å². The smallest absolute Gasteiger partial charge is 0.338 e. The summed E-state index contributed by atoms with van der Waals surface area (Å²) in [6, 6.07) is 21.5. The minimum atomic E-state index is -0.364. The molecule has 0 aliphatic rings. The average molecular weight is 520 g/mol. The molecule has 0 unspecified atom stereocenters. The number of esters is 1. The zero-order valence-electron chi connectivity index (χ0n) is 19.9. The van der Waals surface area contributed by atoms with E-state index in [9.17, 15) is 4.79 Å². The molecule has 0 aromatic heterocycles. The third kappa shape index (κ3) is 6.17. The number of benzene rings is 3. The number of halogens is 1. The molecule has 176 valence electrons. The minimum Gasteiger partial charge on any atom is -0.488 e. The first kappa shape index (κ1) is 25.3. The fourth-order valence-corrected chi connectivity index (χ4v) is 3.96. The summed E-state index contributed by atoms with van der Waals surface area (Å²) < 4.78 is 12.3. The summed E-state index contributed by atoms with van der Waals surface area (Å²) in [6.45, 7) is 15.1. The van der Waals surface area contributed by atoms with E-state index >= 15 is 0 Å². The van der Waals surface area contributed by atoms with Crippen molar-refractivity contribution in [2.45, 2.75) is 33.8 Å². The molecule has 0 spiro atoms. The maximum Gasteiger partial charge on any atom is 0.338 e. The molecular weight excluding hydrogens is 490 g/mol. The molecule has 0 amide bonds. The summed E-state index contributed by atoms with van der Waals surface area (Å²) in [7, 11) is 0. The van der Waals surface area contributed by atoms with E-state index in [1.54, 1.807) is 19.1 Å². The van der Waals surface area contributed by atoms with E-state index in [1.807, 2.05) is 42.2 Å². The largest absolute Gasteiger partial charge is 0.488 e. The van der Waals surface area contributed by atoms with Crippen molar-refractivity contribution in [3.8, 4) is 5.75 Å². The van der Waals surface area contributed by atoms with Gasteiger partial charge in [-0.15, -0.1) is 0 Å². The molecule has 34 heavy (non-hydrogen) atoms. The van der Waals surface area contributed by atoms with Crippen molar-refractivity contribution in [2.75, 3.05) is 11.5 Å². The number of carbonyl (C=O) groups is 1. The van der Waals surface area contributed by atoms with Gasteiger partial charge in [0.25, 0.3) is 0 Å². The molecule has 0 bridgehead atoms. The zero-order chi connectivity index (χ0) is 24.7. The first-order chi connectivity index (χ1) is 16.3. The fraction of sp³-hybridized carbons (Fsp3) is 0.207. The number of hydrogen-bond acceptors (Lipinski definition) is 4. The van der Waals surface area contributed by atoms with E-state index in [0.717, 1.165) is 33.4 Å². The highest BCUT2D eigenvalue weighted by Gasteiger charge is 2.19. The van der Waals surface area contributed by atoms with Gasteiger partial charge in [0, 0.05) is 27.1 Å². The average Bonchev–Trinajstić information content (AvgIpc) is 2.83. The van der Waals surface area contributed by atoms with Crippen LogP contribution < -0.4 is 9.64 Å². The van der Waals surface area contributed by atoms with Crippen LogP contribution in [0.5, 0.6) is 5.75 Å². The molecule has 5 heteroatoms. The van der Waals surface area contributed by atoms with Crippen molar-refractivity contribution in [3.63, 3.8) is 0 Å². The second-order valence-electron chi connectivity index (χ2n) is 7.89. The fourth-order valence-electron chi connectivity index (χ4n) is 3.60. The number of aryl methyl sites for hydroxylation is 1. The molecular formula is C29H30BrNO3. The summed E-state index contributed by atoms with van der Waals surface area (Å²) in [5.41, 5.74) is 5.89. The van der Waals surface area contributed by atoms with Gasteiger partial charge in [0.1, 0.15) is 12.4 Å². The molecule has 0 saturated carbocycles. The van der Waals surface area contributed by atoms with Gasteiger partial charge in [-0.05, 0) is 67.8 Å². The number of rotatable bonds is 10. The summed E-state index contributed by atoms with van der Waals surface area (Å²) in [6.07, 6.45) is 1.01. The van der Waals surface area contributed by atoms with Crippen LogP contribution in [0.4, 0.5) is 5.69 Å². The van der Waals surface area contributed by atoms with Crippen molar-refractivity contribution in [1.82, 2.24) is 0 Å². The SMILES string of the molecule is C=C(C)N(C(=C)c1cc(Br)ccc1OCc1ccc(CC)cc1)c1cccc(C(=O)OCC)c1.